The summed E-state index contributed by atoms with van der Waals surface area (Å²) >= 11 is 0. The van der Waals surface area contributed by atoms with Gasteiger partial charge in [-0.2, -0.15) is 0 Å². The molecule has 0 spiro atoms. The maximum absolute atomic E-state index is 12.8. The molecule has 1 saturated heterocycles. The number of aromatic nitrogens is 1. The van der Waals surface area contributed by atoms with E-state index in [1.165, 1.54) is 7.11 Å². The van der Waals surface area contributed by atoms with Crippen molar-refractivity contribution in [3.05, 3.63) is 88.9 Å². The lowest BCUT2D eigenvalue weighted by molar-refractivity contribution is -0.114. The molecule has 1 fully saturated rings. The molecule has 3 aromatic rings. The zero-order valence-corrected chi connectivity index (χ0v) is 17.3. The summed E-state index contributed by atoms with van der Waals surface area (Å²) in [5.74, 6) is -0.984. The summed E-state index contributed by atoms with van der Waals surface area (Å²) in [5, 5.41) is 0. The third-order valence-corrected chi connectivity index (χ3v) is 5.09. The second-order valence-corrected chi connectivity index (χ2v) is 7.06. The number of anilines is 1. The maximum Gasteiger partial charge on any atom is 0.427 e. The molecule has 0 unspecified atom stereocenters. The lowest BCUT2D eigenvalue weighted by Crippen LogP contribution is -2.28. The number of hydrogen-bond acceptors (Lipinski definition) is 5. The Morgan fingerprint density at radius 3 is 2.39 bits per heavy atom. The molecule has 2 heterocycles. The van der Waals surface area contributed by atoms with Gasteiger partial charge >= 0.3 is 18.0 Å². The third-order valence-electron chi connectivity index (χ3n) is 5.09. The van der Waals surface area contributed by atoms with Gasteiger partial charge in [-0.05, 0) is 61.9 Å². The highest BCUT2D eigenvalue weighted by Crippen LogP contribution is 2.28. The van der Waals surface area contributed by atoms with Crippen LogP contribution in [0, 0.1) is 13.8 Å². The van der Waals surface area contributed by atoms with Crippen LogP contribution in [0.4, 0.5) is 10.5 Å². The van der Waals surface area contributed by atoms with Crippen molar-refractivity contribution in [2.24, 2.45) is 0 Å². The van der Waals surface area contributed by atoms with Gasteiger partial charge in [-0.25, -0.2) is 14.5 Å². The summed E-state index contributed by atoms with van der Waals surface area (Å²) in [4.78, 5) is 38.0. The number of rotatable bonds is 4. The predicted octanol–water partition coefficient (Wildman–Crippen LogP) is 4.41. The zero-order chi connectivity index (χ0) is 22.1. The fourth-order valence-corrected chi connectivity index (χ4v) is 3.63. The van der Waals surface area contributed by atoms with Crippen LogP contribution in [-0.4, -0.2) is 29.6 Å². The molecule has 31 heavy (non-hydrogen) atoms. The lowest BCUT2D eigenvalue weighted by atomic mass is 10.2. The van der Waals surface area contributed by atoms with Crippen LogP contribution in [-0.2, 0) is 14.3 Å². The molecule has 2 aromatic carbocycles. The normalized spacial score (nSPS) is 14.8. The van der Waals surface area contributed by atoms with E-state index in [4.69, 9.17) is 9.47 Å². The fourth-order valence-electron chi connectivity index (χ4n) is 3.63. The van der Waals surface area contributed by atoms with Gasteiger partial charge in [0.15, 0.2) is 5.76 Å². The smallest absolute Gasteiger partial charge is 0.427 e. The first-order valence-electron chi connectivity index (χ1n) is 9.61. The first-order chi connectivity index (χ1) is 14.9. The second kappa shape index (κ2) is 7.95. The largest absolute Gasteiger partial charge is 0.465 e. The van der Waals surface area contributed by atoms with Gasteiger partial charge in [0.05, 0.1) is 18.4 Å². The molecule has 0 radical (unpaired) electrons. The van der Waals surface area contributed by atoms with E-state index in [2.05, 4.69) is 0 Å². The van der Waals surface area contributed by atoms with Crippen LogP contribution in [0.1, 0.15) is 27.3 Å². The van der Waals surface area contributed by atoms with Crippen LogP contribution < -0.4 is 4.90 Å². The summed E-state index contributed by atoms with van der Waals surface area (Å²) < 4.78 is 12.0. The van der Waals surface area contributed by atoms with Crippen LogP contribution in [0.2, 0.25) is 0 Å². The lowest BCUT2D eigenvalue weighted by Gasteiger charge is -2.11. The van der Waals surface area contributed by atoms with E-state index in [9.17, 15) is 14.4 Å². The Bertz CT molecular complexity index is 1220. The van der Waals surface area contributed by atoms with Crippen molar-refractivity contribution in [1.29, 1.82) is 0 Å². The Labute approximate surface area is 179 Å². The van der Waals surface area contributed by atoms with Crippen molar-refractivity contribution in [3.8, 4) is 5.69 Å². The van der Waals surface area contributed by atoms with Gasteiger partial charge in [0.1, 0.15) is 0 Å². The van der Waals surface area contributed by atoms with Crippen LogP contribution in [0.3, 0.4) is 0 Å². The highest BCUT2D eigenvalue weighted by Gasteiger charge is 2.37. The molecule has 1 aliphatic rings. The molecule has 2 amide bonds. The number of methoxy groups -OCH3 is 1. The van der Waals surface area contributed by atoms with Crippen molar-refractivity contribution in [2.45, 2.75) is 13.8 Å². The van der Waals surface area contributed by atoms with E-state index >= 15 is 0 Å². The third kappa shape index (κ3) is 3.61. The van der Waals surface area contributed by atoms with Crippen LogP contribution in [0.5, 0.6) is 0 Å². The Morgan fingerprint density at radius 1 is 0.968 bits per heavy atom. The summed E-state index contributed by atoms with van der Waals surface area (Å²) in [5.41, 5.74) is 4.11. The number of ether oxygens (including phenoxy) is 2. The van der Waals surface area contributed by atoms with E-state index in [1.54, 1.807) is 54.6 Å². The van der Waals surface area contributed by atoms with Gasteiger partial charge in [0.2, 0.25) is 0 Å². The van der Waals surface area contributed by atoms with Gasteiger partial charge in [-0.15, -0.1) is 0 Å². The molecule has 0 atom stereocenters. The highest BCUT2D eigenvalue weighted by atomic mass is 16.6. The predicted molar refractivity (Wildman–Crippen MR) is 115 cm³/mol. The standard InChI is InChI=1S/C24H20N2O5/c1-15-12-18(16(2)25(15)20-11-7-8-17(13-20)23(28)30-3)14-21-22(27)26(24(29)31-21)19-9-5-4-6-10-19/h4-14H,1-3H3/b21-14+. The van der Waals surface area contributed by atoms with E-state index < -0.39 is 18.0 Å². The van der Waals surface area contributed by atoms with Crippen LogP contribution in [0.15, 0.2) is 66.4 Å². The van der Waals surface area contributed by atoms with Crippen molar-refractivity contribution in [1.82, 2.24) is 4.57 Å². The summed E-state index contributed by atoms with van der Waals surface area (Å²) in [6.45, 7) is 3.80. The second-order valence-electron chi connectivity index (χ2n) is 7.06. The Kier molecular flexibility index (Phi) is 5.17. The van der Waals surface area contributed by atoms with Gasteiger partial charge in [-0.3, -0.25) is 4.79 Å². The van der Waals surface area contributed by atoms with Gasteiger partial charge < -0.3 is 14.0 Å². The van der Waals surface area contributed by atoms with E-state index in [-0.39, 0.29) is 5.76 Å². The molecule has 1 aromatic heterocycles. The SMILES string of the molecule is COC(=O)c1cccc(-n2c(C)cc(/C=C3/OC(=O)N(c4ccccc4)C3=O)c2C)c1. The molecule has 1 aliphatic heterocycles. The molecule has 0 aliphatic carbocycles. The van der Waals surface area contributed by atoms with Gasteiger partial charge in [0, 0.05) is 17.1 Å². The number of imide groups is 1. The minimum Gasteiger partial charge on any atom is -0.465 e. The highest BCUT2D eigenvalue weighted by molar-refractivity contribution is 6.24. The zero-order valence-electron chi connectivity index (χ0n) is 17.3. The number of esters is 1. The first kappa shape index (κ1) is 20.2. The van der Waals surface area contributed by atoms with Crippen LogP contribution >= 0.6 is 0 Å². The quantitative estimate of drug-likeness (QED) is 0.465. The summed E-state index contributed by atoms with van der Waals surface area (Å²) in [6.07, 6.45) is 0.827. The number of amides is 2. The molecule has 156 valence electrons. The van der Waals surface area contributed by atoms with E-state index in [1.807, 2.05) is 30.5 Å². The Hall–Kier alpha value is -4.13. The van der Waals surface area contributed by atoms with Crippen LogP contribution in [0.25, 0.3) is 11.8 Å². The molecule has 4 rings (SSSR count). The molecular formula is C24H20N2O5. The monoisotopic (exact) mass is 416 g/mol. The number of carbonyl (C=O) groups is 3. The molecule has 7 heteroatoms. The maximum atomic E-state index is 12.8. The average molecular weight is 416 g/mol. The first-order valence-corrected chi connectivity index (χ1v) is 9.61. The number of cyclic esters (lactones) is 1. The van der Waals surface area contributed by atoms with Crippen molar-refractivity contribution < 1.29 is 23.9 Å². The van der Waals surface area contributed by atoms with Crippen molar-refractivity contribution in [2.75, 3.05) is 12.0 Å². The van der Waals surface area contributed by atoms with E-state index in [0.29, 0.717) is 11.3 Å². The summed E-state index contributed by atoms with van der Waals surface area (Å²) in [6, 6.07) is 17.6. The number of aryl methyl sites for hydroxylation is 1. The Morgan fingerprint density at radius 2 is 1.68 bits per heavy atom. The molecule has 0 N–H and O–H groups in total. The minimum atomic E-state index is -0.734. The topological polar surface area (TPSA) is 77.8 Å². The molecule has 7 nitrogen and oxygen atoms in total. The van der Waals surface area contributed by atoms with Crippen molar-refractivity contribution >= 4 is 29.7 Å². The number of nitrogens with zero attached hydrogens (tertiary/aromatic N) is 2. The molecule has 0 saturated carbocycles. The van der Waals surface area contributed by atoms with Gasteiger partial charge in [-0.1, -0.05) is 24.3 Å². The summed E-state index contributed by atoms with van der Waals surface area (Å²) in [7, 11) is 1.34. The average Bonchev–Trinajstić information content (AvgIpc) is 3.22. The number of hydrogen-bond donors (Lipinski definition) is 0. The van der Waals surface area contributed by atoms with Gasteiger partial charge in [0.25, 0.3) is 0 Å². The number of benzene rings is 2. The molecular weight excluding hydrogens is 396 g/mol. The van der Waals surface area contributed by atoms with Crippen molar-refractivity contribution in [3.63, 3.8) is 0 Å². The number of carbonyl (C=O) groups excluding carboxylic acids is 3. The van der Waals surface area contributed by atoms with E-state index in [0.717, 1.165) is 27.5 Å². The fraction of sp³-hybridized carbons (Fsp3) is 0.125. The number of para-hydroxylation sites is 1. The minimum absolute atomic E-state index is 0.0441. The molecule has 0 bridgehead atoms. The Balaban J connectivity index is 1.70.